The molecule has 1 fully saturated rings. The van der Waals surface area contributed by atoms with Gasteiger partial charge in [0.05, 0.1) is 6.04 Å². The molecular formula is C16H22N2O. The Balaban J connectivity index is 2.02. The molecule has 1 aliphatic rings. The fourth-order valence-corrected chi connectivity index (χ4v) is 3.14. The molecule has 0 saturated heterocycles. The van der Waals surface area contributed by atoms with Gasteiger partial charge in [-0.05, 0) is 32.9 Å². The van der Waals surface area contributed by atoms with E-state index in [1.54, 1.807) is 0 Å². The number of benzene rings is 1. The molecular weight excluding hydrogens is 236 g/mol. The largest absolute Gasteiger partial charge is 0.461 e. The molecule has 1 atom stereocenters. The van der Waals surface area contributed by atoms with E-state index in [9.17, 15) is 0 Å². The van der Waals surface area contributed by atoms with Crippen molar-refractivity contribution in [1.82, 2.24) is 4.90 Å². The molecule has 1 aromatic heterocycles. The Morgan fingerprint density at radius 1 is 1.37 bits per heavy atom. The SMILES string of the molecule is Cc1oc2ccccc2c1C(CN)N(C)C1CCC1. The summed E-state index contributed by atoms with van der Waals surface area (Å²) in [5.74, 6) is 1.00. The number of nitrogens with two attached hydrogens (primary N) is 1. The molecule has 2 aromatic rings. The van der Waals surface area contributed by atoms with Crippen molar-refractivity contribution in [2.75, 3.05) is 13.6 Å². The van der Waals surface area contributed by atoms with E-state index in [-0.39, 0.29) is 6.04 Å². The number of nitrogens with zero attached hydrogens (tertiary/aromatic N) is 1. The van der Waals surface area contributed by atoms with Gasteiger partial charge < -0.3 is 10.2 Å². The van der Waals surface area contributed by atoms with Gasteiger partial charge >= 0.3 is 0 Å². The number of hydrogen-bond donors (Lipinski definition) is 1. The second-order valence-corrected chi connectivity index (χ2v) is 5.57. The van der Waals surface area contributed by atoms with E-state index >= 15 is 0 Å². The van der Waals surface area contributed by atoms with Crippen LogP contribution in [0.15, 0.2) is 28.7 Å². The summed E-state index contributed by atoms with van der Waals surface area (Å²) in [4.78, 5) is 2.44. The Morgan fingerprint density at radius 3 is 2.74 bits per heavy atom. The first-order valence-corrected chi connectivity index (χ1v) is 7.12. The van der Waals surface area contributed by atoms with Gasteiger partial charge in [0.2, 0.25) is 0 Å². The smallest absolute Gasteiger partial charge is 0.134 e. The lowest BCUT2D eigenvalue weighted by atomic mass is 9.89. The zero-order chi connectivity index (χ0) is 13.4. The fraction of sp³-hybridized carbons (Fsp3) is 0.500. The van der Waals surface area contributed by atoms with Crippen LogP contribution in [0, 0.1) is 6.92 Å². The van der Waals surface area contributed by atoms with Gasteiger partial charge in [0.15, 0.2) is 0 Å². The molecule has 2 N–H and O–H groups in total. The van der Waals surface area contributed by atoms with E-state index in [0.29, 0.717) is 12.6 Å². The standard InChI is InChI=1S/C16H22N2O/c1-11-16(13-8-3-4-9-15(13)19-11)14(10-17)18(2)12-6-5-7-12/h3-4,8-9,12,14H,5-7,10,17H2,1-2H3. The molecule has 3 nitrogen and oxygen atoms in total. The number of likely N-dealkylation sites (N-methyl/N-ethyl adjacent to an activating group) is 1. The molecule has 19 heavy (non-hydrogen) atoms. The minimum absolute atomic E-state index is 0.258. The summed E-state index contributed by atoms with van der Waals surface area (Å²) in [6, 6.07) is 9.19. The van der Waals surface area contributed by atoms with E-state index in [4.69, 9.17) is 10.2 Å². The summed E-state index contributed by atoms with van der Waals surface area (Å²) in [5, 5.41) is 1.21. The second-order valence-electron chi connectivity index (χ2n) is 5.57. The predicted octanol–water partition coefficient (Wildman–Crippen LogP) is 3.23. The van der Waals surface area contributed by atoms with Crippen LogP contribution in [0.4, 0.5) is 0 Å². The van der Waals surface area contributed by atoms with Crippen LogP contribution in [0.2, 0.25) is 0 Å². The van der Waals surface area contributed by atoms with Crippen LogP contribution in [0.25, 0.3) is 11.0 Å². The van der Waals surface area contributed by atoms with Crippen LogP contribution in [0.3, 0.4) is 0 Å². The van der Waals surface area contributed by atoms with Gasteiger partial charge in [-0.15, -0.1) is 0 Å². The summed E-state index contributed by atoms with van der Waals surface area (Å²) in [6.45, 7) is 2.68. The lowest BCUT2D eigenvalue weighted by Crippen LogP contribution is -2.42. The molecule has 3 heteroatoms. The molecule has 1 aliphatic carbocycles. The van der Waals surface area contributed by atoms with E-state index in [0.717, 1.165) is 11.3 Å². The number of rotatable bonds is 4. The summed E-state index contributed by atoms with van der Waals surface area (Å²) in [5.41, 5.74) is 8.30. The Morgan fingerprint density at radius 2 is 2.11 bits per heavy atom. The Hall–Kier alpha value is -1.32. The molecule has 1 unspecified atom stereocenters. The van der Waals surface area contributed by atoms with Gasteiger partial charge in [-0.25, -0.2) is 0 Å². The highest BCUT2D eigenvalue weighted by molar-refractivity contribution is 5.82. The molecule has 0 aliphatic heterocycles. The summed E-state index contributed by atoms with van der Waals surface area (Å²) >= 11 is 0. The number of hydrogen-bond acceptors (Lipinski definition) is 3. The predicted molar refractivity (Wildman–Crippen MR) is 78.1 cm³/mol. The topological polar surface area (TPSA) is 42.4 Å². The number of aryl methyl sites for hydroxylation is 1. The van der Waals surface area contributed by atoms with Crippen molar-refractivity contribution in [1.29, 1.82) is 0 Å². The van der Waals surface area contributed by atoms with Crippen molar-refractivity contribution in [3.05, 3.63) is 35.6 Å². The van der Waals surface area contributed by atoms with E-state index < -0.39 is 0 Å². The minimum Gasteiger partial charge on any atom is -0.461 e. The lowest BCUT2D eigenvalue weighted by Gasteiger charge is -2.39. The molecule has 1 heterocycles. The molecule has 102 valence electrons. The first kappa shape index (κ1) is 12.7. The molecule has 3 rings (SSSR count). The van der Waals surface area contributed by atoms with Gasteiger partial charge in [-0.1, -0.05) is 24.6 Å². The van der Waals surface area contributed by atoms with Gasteiger partial charge in [-0.2, -0.15) is 0 Å². The molecule has 0 bridgehead atoms. The maximum atomic E-state index is 6.06. The van der Waals surface area contributed by atoms with E-state index in [1.165, 1.54) is 30.2 Å². The van der Waals surface area contributed by atoms with Crippen molar-refractivity contribution in [3.63, 3.8) is 0 Å². The van der Waals surface area contributed by atoms with Gasteiger partial charge in [0.1, 0.15) is 11.3 Å². The third kappa shape index (κ3) is 2.07. The Kier molecular flexibility index (Phi) is 3.33. The third-order valence-electron chi connectivity index (χ3n) is 4.52. The van der Waals surface area contributed by atoms with Crippen molar-refractivity contribution in [3.8, 4) is 0 Å². The van der Waals surface area contributed by atoms with Crippen molar-refractivity contribution < 1.29 is 4.42 Å². The first-order valence-electron chi connectivity index (χ1n) is 7.12. The molecule has 0 radical (unpaired) electrons. The number of para-hydroxylation sites is 1. The second kappa shape index (κ2) is 4.99. The van der Waals surface area contributed by atoms with Crippen LogP contribution < -0.4 is 5.73 Å². The van der Waals surface area contributed by atoms with Crippen LogP contribution >= 0.6 is 0 Å². The van der Waals surface area contributed by atoms with Gasteiger partial charge in [0, 0.05) is 23.5 Å². The zero-order valence-corrected chi connectivity index (χ0v) is 11.7. The molecule has 0 amide bonds. The average Bonchev–Trinajstić information content (AvgIpc) is 2.65. The van der Waals surface area contributed by atoms with Crippen LogP contribution in [-0.4, -0.2) is 24.5 Å². The van der Waals surface area contributed by atoms with Crippen molar-refractivity contribution >= 4 is 11.0 Å². The summed E-state index contributed by atoms with van der Waals surface area (Å²) < 4.78 is 5.88. The normalized spacial score (nSPS) is 17.9. The van der Waals surface area contributed by atoms with E-state index in [2.05, 4.69) is 24.1 Å². The highest BCUT2D eigenvalue weighted by atomic mass is 16.3. The first-order chi connectivity index (χ1) is 9.22. The highest BCUT2D eigenvalue weighted by Gasteiger charge is 2.30. The lowest BCUT2D eigenvalue weighted by molar-refractivity contribution is 0.113. The maximum Gasteiger partial charge on any atom is 0.134 e. The highest BCUT2D eigenvalue weighted by Crippen LogP contribution is 2.36. The molecule has 1 saturated carbocycles. The number of fused-ring (bicyclic) bond motifs is 1. The number of furan rings is 1. The van der Waals surface area contributed by atoms with Crippen LogP contribution in [0.1, 0.15) is 36.6 Å². The minimum atomic E-state index is 0.258. The fourth-order valence-electron chi connectivity index (χ4n) is 3.14. The Labute approximate surface area is 114 Å². The van der Waals surface area contributed by atoms with Crippen LogP contribution in [-0.2, 0) is 0 Å². The summed E-state index contributed by atoms with van der Waals surface area (Å²) in [6.07, 6.45) is 3.93. The molecule has 1 aromatic carbocycles. The van der Waals surface area contributed by atoms with Crippen LogP contribution in [0.5, 0.6) is 0 Å². The third-order valence-corrected chi connectivity index (χ3v) is 4.52. The van der Waals surface area contributed by atoms with Gasteiger partial charge in [0.25, 0.3) is 0 Å². The monoisotopic (exact) mass is 258 g/mol. The zero-order valence-electron chi connectivity index (χ0n) is 11.7. The van der Waals surface area contributed by atoms with E-state index in [1.807, 2.05) is 19.1 Å². The van der Waals surface area contributed by atoms with Crippen molar-refractivity contribution in [2.24, 2.45) is 5.73 Å². The average molecular weight is 258 g/mol. The van der Waals surface area contributed by atoms with Crippen molar-refractivity contribution in [2.45, 2.75) is 38.3 Å². The summed E-state index contributed by atoms with van der Waals surface area (Å²) in [7, 11) is 2.20. The molecule has 0 spiro atoms. The quantitative estimate of drug-likeness (QED) is 0.915. The van der Waals surface area contributed by atoms with Gasteiger partial charge in [-0.3, -0.25) is 4.90 Å². The Bertz CT molecular complexity index is 571. The maximum absolute atomic E-state index is 6.06.